The number of hydrogen-bond donors (Lipinski definition) is 1. The van der Waals surface area contributed by atoms with Gasteiger partial charge in [0.15, 0.2) is 0 Å². The van der Waals surface area contributed by atoms with Crippen LogP contribution in [0.1, 0.15) is 64.9 Å². The second-order valence-corrected chi connectivity index (χ2v) is 7.03. The first-order valence-corrected chi connectivity index (χ1v) is 8.04. The molecule has 0 aromatic carbocycles. The summed E-state index contributed by atoms with van der Waals surface area (Å²) in [5.74, 6) is 2.15. The van der Waals surface area contributed by atoms with Crippen molar-refractivity contribution >= 4 is 0 Å². The normalized spacial score (nSPS) is 16.1. The lowest BCUT2D eigenvalue weighted by Gasteiger charge is -2.20. The van der Waals surface area contributed by atoms with Crippen LogP contribution in [0.2, 0.25) is 0 Å². The highest BCUT2D eigenvalue weighted by Gasteiger charge is 2.29. The van der Waals surface area contributed by atoms with E-state index in [1.54, 1.807) is 0 Å². The molecule has 0 bridgehead atoms. The molecule has 0 amide bonds. The van der Waals surface area contributed by atoms with E-state index in [4.69, 9.17) is 4.42 Å². The van der Waals surface area contributed by atoms with Gasteiger partial charge in [0, 0.05) is 11.6 Å². The predicted molar refractivity (Wildman–Crippen MR) is 83.6 cm³/mol. The minimum Gasteiger partial charge on any atom is -0.463 e. The number of furan rings is 1. The molecule has 1 aliphatic carbocycles. The van der Waals surface area contributed by atoms with Crippen LogP contribution in [0.25, 0.3) is 0 Å². The third-order valence-corrected chi connectivity index (χ3v) is 3.73. The molecule has 1 heterocycles. The van der Waals surface area contributed by atoms with Crippen LogP contribution in [-0.4, -0.2) is 23.0 Å². The second kappa shape index (κ2) is 6.77. The Morgan fingerprint density at radius 1 is 1.25 bits per heavy atom. The van der Waals surface area contributed by atoms with Crippen molar-refractivity contribution in [1.29, 1.82) is 0 Å². The van der Waals surface area contributed by atoms with Crippen LogP contribution in [0, 0.1) is 0 Å². The molecule has 20 heavy (non-hydrogen) atoms. The minimum absolute atomic E-state index is 0.133. The van der Waals surface area contributed by atoms with Crippen molar-refractivity contribution in [2.45, 2.75) is 78.0 Å². The molecule has 0 spiro atoms. The molecule has 1 aliphatic rings. The van der Waals surface area contributed by atoms with Gasteiger partial charge in [0.2, 0.25) is 0 Å². The van der Waals surface area contributed by atoms with E-state index in [1.165, 1.54) is 32.2 Å². The van der Waals surface area contributed by atoms with Crippen molar-refractivity contribution in [2.24, 2.45) is 0 Å². The van der Waals surface area contributed by atoms with Gasteiger partial charge in [0.25, 0.3) is 0 Å². The Hall–Kier alpha value is -0.800. The maximum Gasteiger partial charge on any atom is 0.118 e. The van der Waals surface area contributed by atoms with Crippen molar-refractivity contribution in [3.8, 4) is 0 Å². The van der Waals surface area contributed by atoms with Crippen LogP contribution in [0.15, 0.2) is 16.5 Å². The summed E-state index contributed by atoms with van der Waals surface area (Å²) < 4.78 is 5.96. The molecule has 0 saturated heterocycles. The molecule has 1 aromatic rings. The largest absolute Gasteiger partial charge is 0.463 e. The number of unbranched alkanes of at least 4 members (excludes halogenated alkanes) is 1. The SMILES string of the molecule is CCCCN(Cc1ccc(CNC(C)(C)C)o1)C1CC1. The standard InChI is InChI=1S/C17H30N2O/c1-5-6-11-19(14-7-8-14)13-16-10-9-15(20-16)12-18-17(2,3)4/h9-10,14,18H,5-8,11-13H2,1-4H3. The molecule has 114 valence electrons. The Labute approximate surface area is 123 Å². The number of nitrogens with one attached hydrogen (secondary N) is 1. The fraction of sp³-hybridized carbons (Fsp3) is 0.765. The number of nitrogens with zero attached hydrogens (tertiary/aromatic N) is 1. The fourth-order valence-electron chi connectivity index (χ4n) is 2.35. The summed E-state index contributed by atoms with van der Waals surface area (Å²) >= 11 is 0. The topological polar surface area (TPSA) is 28.4 Å². The summed E-state index contributed by atoms with van der Waals surface area (Å²) in [6.07, 6.45) is 5.28. The highest BCUT2D eigenvalue weighted by Crippen LogP contribution is 2.29. The van der Waals surface area contributed by atoms with Gasteiger partial charge in [-0.2, -0.15) is 0 Å². The maximum atomic E-state index is 5.96. The molecule has 3 nitrogen and oxygen atoms in total. The van der Waals surface area contributed by atoms with Gasteiger partial charge in [0.05, 0.1) is 13.1 Å². The molecular formula is C17H30N2O. The summed E-state index contributed by atoms with van der Waals surface area (Å²) in [5.41, 5.74) is 0.133. The third-order valence-electron chi connectivity index (χ3n) is 3.73. The first kappa shape index (κ1) is 15.6. The Balaban J connectivity index is 1.84. The highest BCUT2D eigenvalue weighted by atomic mass is 16.3. The van der Waals surface area contributed by atoms with Crippen LogP contribution < -0.4 is 5.32 Å². The van der Waals surface area contributed by atoms with Gasteiger partial charge in [-0.15, -0.1) is 0 Å². The predicted octanol–water partition coefficient (Wildman–Crippen LogP) is 3.93. The fourth-order valence-corrected chi connectivity index (χ4v) is 2.35. The average molecular weight is 278 g/mol. The van der Waals surface area contributed by atoms with E-state index in [0.717, 1.165) is 30.7 Å². The van der Waals surface area contributed by atoms with E-state index in [1.807, 2.05) is 0 Å². The monoisotopic (exact) mass is 278 g/mol. The summed E-state index contributed by atoms with van der Waals surface area (Å²) in [4.78, 5) is 2.59. The van der Waals surface area contributed by atoms with E-state index in [2.05, 4.69) is 50.0 Å². The van der Waals surface area contributed by atoms with Gasteiger partial charge >= 0.3 is 0 Å². The van der Waals surface area contributed by atoms with Crippen LogP contribution in [0.3, 0.4) is 0 Å². The van der Waals surface area contributed by atoms with Gasteiger partial charge in [-0.3, -0.25) is 4.90 Å². The van der Waals surface area contributed by atoms with Crippen molar-refractivity contribution in [3.63, 3.8) is 0 Å². The highest BCUT2D eigenvalue weighted by molar-refractivity contribution is 5.08. The summed E-state index contributed by atoms with van der Waals surface area (Å²) in [7, 11) is 0. The molecule has 1 aromatic heterocycles. The van der Waals surface area contributed by atoms with E-state index in [9.17, 15) is 0 Å². The van der Waals surface area contributed by atoms with E-state index in [-0.39, 0.29) is 5.54 Å². The van der Waals surface area contributed by atoms with Gasteiger partial charge in [0.1, 0.15) is 11.5 Å². The Morgan fingerprint density at radius 3 is 2.55 bits per heavy atom. The lowest BCUT2D eigenvalue weighted by Crippen LogP contribution is -2.34. The average Bonchev–Trinajstić information content (AvgIpc) is 3.12. The summed E-state index contributed by atoms with van der Waals surface area (Å²) in [6, 6.07) is 5.06. The van der Waals surface area contributed by atoms with Gasteiger partial charge in [-0.25, -0.2) is 0 Å². The van der Waals surface area contributed by atoms with Crippen molar-refractivity contribution in [2.75, 3.05) is 6.54 Å². The van der Waals surface area contributed by atoms with Gasteiger partial charge in [-0.05, 0) is 58.7 Å². The molecule has 1 saturated carbocycles. The maximum absolute atomic E-state index is 5.96. The zero-order valence-electron chi connectivity index (χ0n) is 13.5. The van der Waals surface area contributed by atoms with E-state index in [0.29, 0.717) is 0 Å². The van der Waals surface area contributed by atoms with Crippen LogP contribution >= 0.6 is 0 Å². The molecule has 0 aliphatic heterocycles. The Kier molecular flexibility index (Phi) is 5.28. The first-order valence-electron chi connectivity index (χ1n) is 8.04. The molecule has 0 atom stereocenters. The molecule has 3 heteroatoms. The first-order chi connectivity index (χ1) is 9.48. The number of rotatable bonds is 8. The lowest BCUT2D eigenvalue weighted by atomic mass is 10.1. The lowest BCUT2D eigenvalue weighted by molar-refractivity contribution is 0.227. The molecule has 2 rings (SSSR count). The molecular weight excluding hydrogens is 248 g/mol. The summed E-state index contributed by atoms with van der Waals surface area (Å²) in [6.45, 7) is 11.8. The number of hydrogen-bond acceptors (Lipinski definition) is 3. The molecule has 1 N–H and O–H groups in total. The molecule has 1 fully saturated rings. The van der Waals surface area contributed by atoms with E-state index >= 15 is 0 Å². The zero-order chi connectivity index (χ0) is 14.6. The zero-order valence-corrected chi connectivity index (χ0v) is 13.5. The third kappa shape index (κ3) is 5.29. The van der Waals surface area contributed by atoms with Gasteiger partial charge < -0.3 is 9.73 Å². The smallest absolute Gasteiger partial charge is 0.118 e. The quantitative estimate of drug-likeness (QED) is 0.781. The molecule has 0 unspecified atom stereocenters. The van der Waals surface area contributed by atoms with Crippen molar-refractivity contribution in [3.05, 3.63) is 23.7 Å². The minimum atomic E-state index is 0.133. The van der Waals surface area contributed by atoms with Crippen molar-refractivity contribution in [1.82, 2.24) is 10.2 Å². The Morgan fingerprint density at radius 2 is 1.95 bits per heavy atom. The molecule has 0 radical (unpaired) electrons. The second-order valence-electron chi connectivity index (χ2n) is 7.03. The van der Waals surface area contributed by atoms with Crippen LogP contribution in [0.4, 0.5) is 0 Å². The van der Waals surface area contributed by atoms with Crippen molar-refractivity contribution < 1.29 is 4.42 Å². The summed E-state index contributed by atoms with van der Waals surface area (Å²) in [5, 5.41) is 3.47. The van der Waals surface area contributed by atoms with E-state index < -0.39 is 0 Å². The van der Waals surface area contributed by atoms with Crippen LogP contribution in [0.5, 0.6) is 0 Å². The van der Waals surface area contributed by atoms with Crippen LogP contribution in [-0.2, 0) is 13.1 Å². The Bertz CT molecular complexity index is 401. The van der Waals surface area contributed by atoms with Gasteiger partial charge in [-0.1, -0.05) is 13.3 Å².